The minimum Gasteiger partial charge on any atom is -0.381 e. The minimum atomic E-state index is -1.37. The summed E-state index contributed by atoms with van der Waals surface area (Å²) in [6, 6.07) is 5.34. The molecule has 0 saturated carbocycles. The number of carbonyl (C=O) groups excluding carboxylic acids is 1. The summed E-state index contributed by atoms with van der Waals surface area (Å²) in [6.45, 7) is 1.24. The van der Waals surface area contributed by atoms with Gasteiger partial charge in [0.1, 0.15) is 5.82 Å². The molecule has 3 rings (SSSR count). The summed E-state index contributed by atoms with van der Waals surface area (Å²) in [5.41, 5.74) is 8.97. The van der Waals surface area contributed by atoms with Gasteiger partial charge in [-0.15, -0.1) is 0 Å². The van der Waals surface area contributed by atoms with Crippen LogP contribution in [-0.4, -0.2) is 15.5 Å². The predicted molar refractivity (Wildman–Crippen MR) is 101 cm³/mol. The fourth-order valence-electron chi connectivity index (χ4n) is 2.72. The number of nitrogens with zero attached hydrogens (tertiary/aromatic N) is 2. The largest absolute Gasteiger partial charge is 0.381 e. The molecule has 0 saturated heterocycles. The fourth-order valence-corrected chi connectivity index (χ4v) is 2.72. The van der Waals surface area contributed by atoms with Crippen molar-refractivity contribution in [3.05, 3.63) is 81.2 Å². The Balaban J connectivity index is 2.10. The molecular weight excluding hydrogens is 387 g/mol. The number of primary amides is 1. The van der Waals surface area contributed by atoms with Crippen LogP contribution in [0.15, 0.2) is 41.5 Å². The zero-order valence-corrected chi connectivity index (χ0v) is 15.2. The highest BCUT2D eigenvalue weighted by atomic mass is 19.1. The van der Waals surface area contributed by atoms with Crippen molar-refractivity contribution < 1.29 is 18.0 Å². The van der Waals surface area contributed by atoms with Crippen molar-refractivity contribution in [2.75, 3.05) is 11.1 Å². The first kappa shape index (κ1) is 19.9. The van der Waals surface area contributed by atoms with Gasteiger partial charge in [0.05, 0.1) is 23.5 Å². The van der Waals surface area contributed by atoms with Gasteiger partial charge in [0.25, 0.3) is 11.5 Å². The van der Waals surface area contributed by atoms with E-state index >= 15 is 0 Å². The van der Waals surface area contributed by atoms with Gasteiger partial charge in [-0.05, 0) is 30.7 Å². The number of nitrogen functional groups attached to an aromatic ring is 1. The van der Waals surface area contributed by atoms with Gasteiger partial charge in [-0.2, -0.15) is 4.39 Å². The molecule has 0 aliphatic carbocycles. The third-order valence-corrected chi connectivity index (χ3v) is 4.21. The highest BCUT2D eigenvalue weighted by Gasteiger charge is 2.21. The molecule has 7 nitrogen and oxygen atoms in total. The summed E-state index contributed by atoms with van der Waals surface area (Å²) < 4.78 is 43.8. The molecule has 0 aliphatic rings. The summed E-state index contributed by atoms with van der Waals surface area (Å²) in [4.78, 5) is 27.8. The zero-order valence-electron chi connectivity index (χ0n) is 15.2. The van der Waals surface area contributed by atoms with Crippen molar-refractivity contribution in [1.82, 2.24) is 9.55 Å². The lowest BCUT2D eigenvalue weighted by Gasteiger charge is -2.15. The van der Waals surface area contributed by atoms with Crippen molar-refractivity contribution in [2.24, 2.45) is 5.73 Å². The minimum absolute atomic E-state index is 0.0419. The van der Waals surface area contributed by atoms with Crippen LogP contribution < -0.4 is 22.3 Å². The molecule has 1 aromatic carbocycles. The second-order valence-corrected chi connectivity index (χ2v) is 6.31. The number of rotatable bonds is 5. The Morgan fingerprint density at radius 2 is 1.93 bits per heavy atom. The lowest BCUT2D eigenvalue weighted by atomic mass is 10.1. The van der Waals surface area contributed by atoms with Crippen molar-refractivity contribution in [1.29, 1.82) is 0 Å². The normalized spacial score (nSPS) is 10.8. The van der Waals surface area contributed by atoms with Crippen LogP contribution in [0.4, 0.5) is 30.4 Å². The Bertz CT molecular complexity index is 1180. The molecule has 0 aliphatic heterocycles. The monoisotopic (exact) mass is 403 g/mol. The molecular formula is C19H16F3N5O2. The van der Waals surface area contributed by atoms with Crippen LogP contribution >= 0.6 is 0 Å². The molecule has 2 heterocycles. The predicted octanol–water partition coefficient (Wildman–Crippen LogP) is 2.44. The molecule has 10 heteroatoms. The lowest BCUT2D eigenvalue weighted by molar-refractivity contribution is 0.1000. The van der Waals surface area contributed by atoms with E-state index in [0.29, 0.717) is 5.56 Å². The SMILES string of the molecule is Cc1ccc(Nc2c(C(N)=O)cn(Cc3ccnc(N)c3F)c(=O)c2F)c(F)c1. The number of hydrogen-bond donors (Lipinski definition) is 3. The maximum atomic E-state index is 14.8. The van der Waals surface area contributed by atoms with Gasteiger partial charge in [-0.1, -0.05) is 6.07 Å². The first-order valence-electron chi connectivity index (χ1n) is 8.33. The van der Waals surface area contributed by atoms with Crippen LogP contribution in [0.3, 0.4) is 0 Å². The molecule has 0 bridgehead atoms. The van der Waals surface area contributed by atoms with Crippen LogP contribution in [0, 0.1) is 24.4 Å². The molecule has 1 amide bonds. The molecule has 2 aromatic heterocycles. The second-order valence-electron chi connectivity index (χ2n) is 6.31. The van der Waals surface area contributed by atoms with Crippen molar-refractivity contribution in [2.45, 2.75) is 13.5 Å². The Morgan fingerprint density at radius 3 is 2.59 bits per heavy atom. The van der Waals surface area contributed by atoms with E-state index in [4.69, 9.17) is 11.5 Å². The van der Waals surface area contributed by atoms with Crippen LogP contribution in [0.2, 0.25) is 0 Å². The van der Waals surface area contributed by atoms with E-state index < -0.39 is 46.7 Å². The van der Waals surface area contributed by atoms with Crippen molar-refractivity contribution in [3.8, 4) is 0 Å². The molecule has 0 spiro atoms. The number of anilines is 3. The van der Waals surface area contributed by atoms with Gasteiger partial charge in [0.15, 0.2) is 11.6 Å². The van der Waals surface area contributed by atoms with E-state index in [1.165, 1.54) is 24.4 Å². The topological polar surface area (TPSA) is 116 Å². The molecule has 29 heavy (non-hydrogen) atoms. The Labute approximate surface area is 162 Å². The number of hydrogen-bond acceptors (Lipinski definition) is 5. The average molecular weight is 403 g/mol. The Hall–Kier alpha value is -3.82. The molecule has 0 unspecified atom stereocenters. The van der Waals surface area contributed by atoms with E-state index in [-0.39, 0.29) is 17.1 Å². The third-order valence-electron chi connectivity index (χ3n) is 4.21. The number of pyridine rings is 2. The fraction of sp³-hybridized carbons (Fsp3) is 0.105. The second kappa shape index (κ2) is 7.66. The van der Waals surface area contributed by atoms with Gasteiger partial charge in [-0.3, -0.25) is 9.59 Å². The summed E-state index contributed by atoms with van der Waals surface area (Å²) in [6.07, 6.45) is 2.19. The summed E-state index contributed by atoms with van der Waals surface area (Å²) in [7, 11) is 0. The third kappa shape index (κ3) is 3.91. The Kier molecular flexibility index (Phi) is 5.26. The number of benzene rings is 1. The molecule has 3 aromatic rings. The van der Waals surface area contributed by atoms with Crippen LogP contribution in [0.5, 0.6) is 0 Å². The zero-order chi connectivity index (χ0) is 21.3. The Morgan fingerprint density at radius 1 is 1.21 bits per heavy atom. The summed E-state index contributed by atoms with van der Waals surface area (Å²) in [5, 5.41) is 2.40. The van der Waals surface area contributed by atoms with Gasteiger partial charge >= 0.3 is 0 Å². The van der Waals surface area contributed by atoms with E-state index in [0.717, 1.165) is 10.8 Å². The maximum absolute atomic E-state index is 14.8. The number of nitrogens with one attached hydrogen (secondary N) is 1. The molecule has 5 N–H and O–H groups in total. The van der Waals surface area contributed by atoms with Crippen LogP contribution in [0.1, 0.15) is 21.5 Å². The van der Waals surface area contributed by atoms with E-state index in [2.05, 4.69) is 10.3 Å². The standard InChI is InChI=1S/C19H16F3N5O2/c1-9-2-3-13(12(20)6-9)26-16-11(18(24)28)8-27(19(29)15(16)22)7-10-4-5-25-17(23)14(10)21/h2-6,8,26H,7H2,1H3,(H2,23,25)(H2,24,28). The van der Waals surface area contributed by atoms with Gasteiger partial charge in [-0.25, -0.2) is 13.8 Å². The van der Waals surface area contributed by atoms with E-state index in [1.807, 2.05) is 0 Å². The van der Waals surface area contributed by atoms with Gasteiger partial charge in [0, 0.05) is 18.0 Å². The van der Waals surface area contributed by atoms with E-state index in [9.17, 15) is 22.8 Å². The number of nitrogens with two attached hydrogens (primary N) is 2. The molecule has 150 valence electrons. The van der Waals surface area contributed by atoms with Crippen LogP contribution in [-0.2, 0) is 6.54 Å². The molecule has 0 radical (unpaired) electrons. The van der Waals surface area contributed by atoms with Gasteiger partial charge < -0.3 is 21.4 Å². The molecule has 0 atom stereocenters. The maximum Gasteiger partial charge on any atom is 0.289 e. The summed E-state index contributed by atoms with van der Waals surface area (Å²) >= 11 is 0. The lowest BCUT2D eigenvalue weighted by Crippen LogP contribution is -2.28. The number of aryl methyl sites for hydroxylation is 1. The smallest absolute Gasteiger partial charge is 0.289 e. The number of halogens is 3. The summed E-state index contributed by atoms with van der Waals surface area (Å²) in [5.74, 6) is -4.41. The number of carbonyl (C=O) groups is 1. The first-order chi connectivity index (χ1) is 13.7. The quantitative estimate of drug-likeness (QED) is 0.605. The van der Waals surface area contributed by atoms with Crippen molar-refractivity contribution in [3.63, 3.8) is 0 Å². The van der Waals surface area contributed by atoms with E-state index in [1.54, 1.807) is 13.0 Å². The number of amides is 1. The first-order valence-corrected chi connectivity index (χ1v) is 8.33. The van der Waals surface area contributed by atoms with Gasteiger partial charge in [0.2, 0.25) is 5.82 Å². The average Bonchev–Trinajstić information content (AvgIpc) is 2.66. The van der Waals surface area contributed by atoms with Crippen molar-refractivity contribution >= 4 is 23.1 Å². The number of aromatic nitrogens is 2. The molecule has 0 fully saturated rings. The highest BCUT2D eigenvalue weighted by Crippen LogP contribution is 2.25. The highest BCUT2D eigenvalue weighted by molar-refractivity contribution is 5.99. The van der Waals surface area contributed by atoms with Crippen LogP contribution in [0.25, 0.3) is 0 Å².